The smallest absolute Gasteiger partial charge is 0.338 e. The molecule has 1 heterocycles. The van der Waals surface area contributed by atoms with Crippen molar-refractivity contribution in [3.8, 4) is 6.07 Å². The third-order valence-corrected chi connectivity index (χ3v) is 3.16. The van der Waals surface area contributed by atoms with Crippen LogP contribution in [0.5, 0.6) is 0 Å². The lowest BCUT2D eigenvalue weighted by atomic mass is 9.93. The molecule has 1 aromatic carbocycles. The molecule has 1 saturated heterocycles. The predicted octanol–water partition coefficient (Wildman–Crippen LogP) is 1.74. The molecule has 4 heteroatoms. The number of carbonyl (C=O) groups is 1. The third kappa shape index (κ3) is 3.08. The molecule has 1 aliphatic rings. The summed E-state index contributed by atoms with van der Waals surface area (Å²) in [6, 6.07) is 11.1. The zero-order valence-corrected chi connectivity index (χ0v) is 10.1. The molecule has 1 N–H and O–H groups in total. The van der Waals surface area contributed by atoms with Crippen molar-refractivity contribution in [3.63, 3.8) is 0 Å². The van der Waals surface area contributed by atoms with Crippen molar-refractivity contribution >= 4 is 5.97 Å². The van der Waals surface area contributed by atoms with Gasteiger partial charge in [-0.2, -0.15) is 5.26 Å². The highest BCUT2D eigenvalue weighted by Gasteiger charge is 2.28. The number of rotatable bonds is 3. The first-order valence-corrected chi connectivity index (χ1v) is 6.15. The number of nitrogens with zero attached hydrogens (tertiary/aromatic N) is 1. The molecule has 0 bridgehead atoms. The standard InChI is InChI=1S/C14H16N2O2/c15-8-6-12-10-16-9-7-13(12)18-14(17)11-4-2-1-3-5-11/h1-5,12-13,16H,6-7,9-10H2/t12-,13-/m1/s1. The maximum absolute atomic E-state index is 11.9. The van der Waals surface area contributed by atoms with Gasteiger partial charge in [-0.1, -0.05) is 18.2 Å². The summed E-state index contributed by atoms with van der Waals surface area (Å²) in [4.78, 5) is 11.9. The lowest BCUT2D eigenvalue weighted by molar-refractivity contribution is 0.00572. The van der Waals surface area contributed by atoms with Crippen LogP contribution >= 0.6 is 0 Å². The Kier molecular flexibility index (Phi) is 4.32. The predicted molar refractivity (Wildman–Crippen MR) is 66.9 cm³/mol. The summed E-state index contributed by atoms with van der Waals surface area (Å²) in [7, 11) is 0. The van der Waals surface area contributed by atoms with Gasteiger partial charge in [0.1, 0.15) is 6.10 Å². The molecule has 94 valence electrons. The first-order chi connectivity index (χ1) is 8.81. The van der Waals surface area contributed by atoms with Crippen LogP contribution in [-0.2, 0) is 4.74 Å². The summed E-state index contributed by atoms with van der Waals surface area (Å²) in [6.07, 6.45) is 1.03. The van der Waals surface area contributed by atoms with E-state index in [0.29, 0.717) is 12.0 Å². The highest BCUT2D eigenvalue weighted by Crippen LogP contribution is 2.19. The van der Waals surface area contributed by atoms with E-state index in [-0.39, 0.29) is 18.0 Å². The second-order valence-corrected chi connectivity index (χ2v) is 4.42. The van der Waals surface area contributed by atoms with Gasteiger partial charge in [-0.3, -0.25) is 0 Å². The van der Waals surface area contributed by atoms with Crippen molar-refractivity contribution in [1.29, 1.82) is 5.26 Å². The van der Waals surface area contributed by atoms with E-state index in [1.807, 2.05) is 18.2 Å². The van der Waals surface area contributed by atoms with Gasteiger partial charge in [0.2, 0.25) is 0 Å². The number of piperidine rings is 1. The van der Waals surface area contributed by atoms with Crippen molar-refractivity contribution in [1.82, 2.24) is 5.32 Å². The minimum atomic E-state index is -0.301. The Balaban J connectivity index is 1.99. The first-order valence-electron chi connectivity index (χ1n) is 6.15. The Hall–Kier alpha value is -1.86. The van der Waals surface area contributed by atoms with Crippen LogP contribution in [0.15, 0.2) is 30.3 Å². The number of benzene rings is 1. The molecular weight excluding hydrogens is 228 g/mol. The van der Waals surface area contributed by atoms with Gasteiger partial charge in [0.05, 0.1) is 11.6 Å². The van der Waals surface area contributed by atoms with Gasteiger partial charge in [0.15, 0.2) is 0 Å². The molecule has 0 aromatic heterocycles. The fraction of sp³-hybridized carbons (Fsp3) is 0.429. The Labute approximate surface area is 107 Å². The van der Waals surface area contributed by atoms with Crippen molar-refractivity contribution in [2.75, 3.05) is 13.1 Å². The van der Waals surface area contributed by atoms with E-state index >= 15 is 0 Å². The van der Waals surface area contributed by atoms with E-state index in [1.165, 1.54) is 0 Å². The Morgan fingerprint density at radius 3 is 2.94 bits per heavy atom. The van der Waals surface area contributed by atoms with E-state index in [1.54, 1.807) is 12.1 Å². The maximum Gasteiger partial charge on any atom is 0.338 e. The summed E-state index contributed by atoms with van der Waals surface area (Å²) in [5, 5.41) is 12.0. The summed E-state index contributed by atoms with van der Waals surface area (Å²) >= 11 is 0. The number of nitriles is 1. The zero-order chi connectivity index (χ0) is 12.8. The van der Waals surface area contributed by atoms with Crippen LogP contribution in [0.4, 0.5) is 0 Å². The molecule has 1 fully saturated rings. The molecule has 2 rings (SSSR count). The van der Waals surface area contributed by atoms with E-state index in [4.69, 9.17) is 10.00 Å². The van der Waals surface area contributed by atoms with Crippen molar-refractivity contribution < 1.29 is 9.53 Å². The lowest BCUT2D eigenvalue weighted by Gasteiger charge is -2.30. The normalized spacial score (nSPS) is 23.1. The molecule has 2 atom stereocenters. The van der Waals surface area contributed by atoms with Gasteiger partial charge in [0.25, 0.3) is 0 Å². The fourth-order valence-corrected chi connectivity index (χ4v) is 2.15. The second kappa shape index (κ2) is 6.18. The molecule has 4 nitrogen and oxygen atoms in total. The third-order valence-electron chi connectivity index (χ3n) is 3.16. The highest BCUT2D eigenvalue weighted by atomic mass is 16.5. The van der Waals surface area contributed by atoms with E-state index in [2.05, 4.69) is 11.4 Å². The van der Waals surface area contributed by atoms with E-state index in [0.717, 1.165) is 19.5 Å². The van der Waals surface area contributed by atoms with Crippen LogP contribution in [-0.4, -0.2) is 25.2 Å². The zero-order valence-electron chi connectivity index (χ0n) is 10.1. The minimum absolute atomic E-state index is 0.0939. The summed E-state index contributed by atoms with van der Waals surface area (Å²) in [6.45, 7) is 1.56. The van der Waals surface area contributed by atoms with Crippen molar-refractivity contribution in [2.24, 2.45) is 5.92 Å². The number of ether oxygens (including phenoxy) is 1. The van der Waals surface area contributed by atoms with Gasteiger partial charge >= 0.3 is 5.97 Å². The number of nitrogens with one attached hydrogen (secondary N) is 1. The molecule has 0 saturated carbocycles. The van der Waals surface area contributed by atoms with Gasteiger partial charge < -0.3 is 10.1 Å². The van der Waals surface area contributed by atoms with Crippen molar-refractivity contribution in [2.45, 2.75) is 18.9 Å². The number of carbonyl (C=O) groups excluding carboxylic acids is 1. The number of esters is 1. The molecule has 0 radical (unpaired) electrons. The van der Waals surface area contributed by atoms with Crippen LogP contribution in [0.3, 0.4) is 0 Å². The quantitative estimate of drug-likeness (QED) is 0.823. The van der Waals surface area contributed by atoms with Gasteiger partial charge in [-0.15, -0.1) is 0 Å². The van der Waals surface area contributed by atoms with E-state index < -0.39 is 0 Å². The largest absolute Gasteiger partial charge is 0.458 e. The molecule has 0 unspecified atom stereocenters. The molecule has 0 amide bonds. The molecular formula is C14H16N2O2. The lowest BCUT2D eigenvalue weighted by Crippen LogP contribution is -2.42. The molecule has 1 aliphatic heterocycles. The SMILES string of the molecule is N#CC[C@@H]1CNCC[C@H]1OC(=O)c1ccccc1. The van der Waals surface area contributed by atoms with Crippen LogP contribution in [0.25, 0.3) is 0 Å². The number of hydrogen-bond acceptors (Lipinski definition) is 4. The number of hydrogen-bond donors (Lipinski definition) is 1. The van der Waals surface area contributed by atoms with E-state index in [9.17, 15) is 4.79 Å². The topological polar surface area (TPSA) is 62.1 Å². The van der Waals surface area contributed by atoms with Crippen LogP contribution in [0, 0.1) is 17.2 Å². The minimum Gasteiger partial charge on any atom is -0.458 e. The monoisotopic (exact) mass is 244 g/mol. The second-order valence-electron chi connectivity index (χ2n) is 4.42. The van der Waals surface area contributed by atoms with Crippen molar-refractivity contribution in [3.05, 3.63) is 35.9 Å². The molecule has 18 heavy (non-hydrogen) atoms. The summed E-state index contributed by atoms with van der Waals surface area (Å²) < 4.78 is 5.51. The highest BCUT2D eigenvalue weighted by molar-refractivity contribution is 5.89. The Morgan fingerprint density at radius 2 is 2.22 bits per heavy atom. The summed E-state index contributed by atoms with van der Waals surface area (Å²) in [5.41, 5.74) is 0.562. The van der Waals surface area contributed by atoms with Gasteiger partial charge in [0, 0.05) is 18.9 Å². The Morgan fingerprint density at radius 1 is 1.44 bits per heavy atom. The van der Waals surface area contributed by atoms with Gasteiger partial charge in [-0.05, 0) is 25.1 Å². The average molecular weight is 244 g/mol. The molecule has 0 aliphatic carbocycles. The fourth-order valence-electron chi connectivity index (χ4n) is 2.15. The average Bonchev–Trinajstić information content (AvgIpc) is 2.42. The Bertz CT molecular complexity index is 439. The maximum atomic E-state index is 11.9. The van der Waals surface area contributed by atoms with Crippen LogP contribution in [0.1, 0.15) is 23.2 Å². The van der Waals surface area contributed by atoms with Crippen LogP contribution in [0.2, 0.25) is 0 Å². The molecule has 0 spiro atoms. The summed E-state index contributed by atoms with van der Waals surface area (Å²) in [5.74, 6) is -0.207. The van der Waals surface area contributed by atoms with Crippen LogP contribution < -0.4 is 5.32 Å². The van der Waals surface area contributed by atoms with Gasteiger partial charge in [-0.25, -0.2) is 4.79 Å². The molecule has 1 aromatic rings. The first kappa shape index (κ1) is 12.6.